The Balaban J connectivity index is 2.81. The summed E-state index contributed by atoms with van der Waals surface area (Å²) in [6.07, 6.45) is 4.52. The third-order valence-corrected chi connectivity index (χ3v) is 3.55. The van der Waals surface area contributed by atoms with Gasteiger partial charge in [0.05, 0.1) is 25.4 Å². The molecule has 0 radical (unpaired) electrons. The van der Waals surface area contributed by atoms with Gasteiger partial charge in [-0.25, -0.2) is 0 Å². The summed E-state index contributed by atoms with van der Waals surface area (Å²) in [7, 11) is 1.60. The molecule has 0 aliphatic rings. The summed E-state index contributed by atoms with van der Waals surface area (Å²) in [4.78, 5) is 0. The molecule has 0 bridgehead atoms. The largest absolute Gasteiger partial charge is 0.495 e. The average Bonchev–Trinajstić information content (AvgIpc) is 2.45. The molecule has 0 amide bonds. The Bertz CT molecular complexity index is 390. The van der Waals surface area contributed by atoms with Gasteiger partial charge in [-0.1, -0.05) is 32.8 Å². The highest BCUT2D eigenvalue weighted by Gasteiger charge is 2.16. The van der Waals surface area contributed by atoms with Crippen LogP contribution in [0.25, 0.3) is 0 Å². The summed E-state index contributed by atoms with van der Waals surface area (Å²) in [6, 6.07) is 6.04. The van der Waals surface area contributed by atoms with Gasteiger partial charge in [0.2, 0.25) is 0 Å². The lowest BCUT2D eigenvalue weighted by Crippen LogP contribution is -2.34. The van der Waals surface area contributed by atoms with E-state index in [2.05, 4.69) is 19.2 Å². The van der Waals surface area contributed by atoms with Crippen LogP contribution < -0.4 is 15.8 Å². The summed E-state index contributed by atoms with van der Waals surface area (Å²) in [5, 5.41) is 13.2. The molecule has 1 aromatic rings. The molecular weight excluding hydrogens is 252 g/mol. The fourth-order valence-electron chi connectivity index (χ4n) is 2.52. The van der Waals surface area contributed by atoms with Gasteiger partial charge in [0.15, 0.2) is 0 Å². The first-order valence-electron chi connectivity index (χ1n) is 7.46. The zero-order valence-electron chi connectivity index (χ0n) is 12.9. The van der Waals surface area contributed by atoms with Crippen molar-refractivity contribution in [3.63, 3.8) is 0 Å². The Morgan fingerprint density at radius 2 is 1.90 bits per heavy atom. The molecule has 1 unspecified atom stereocenters. The van der Waals surface area contributed by atoms with E-state index in [9.17, 15) is 5.11 Å². The normalized spacial score (nSPS) is 12.7. The third-order valence-electron chi connectivity index (χ3n) is 3.55. The average molecular weight is 280 g/mol. The summed E-state index contributed by atoms with van der Waals surface area (Å²) >= 11 is 0. The van der Waals surface area contributed by atoms with Crippen molar-refractivity contribution in [2.75, 3.05) is 19.5 Å². The predicted octanol–water partition coefficient (Wildman–Crippen LogP) is 2.87. The second kappa shape index (κ2) is 8.82. The van der Waals surface area contributed by atoms with Crippen molar-refractivity contribution in [1.29, 1.82) is 0 Å². The SMILES string of the molecule is CCCC(CCC)NC(CO)c1ccc(OC)c(N)c1. The molecule has 4 heteroatoms. The van der Waals surface area contributed by atoms with Crippen LogP contribution in [-0.4, -0.2) is 24.9 Å². The summed E-state index contributed by atoms with van der Waals surface area (Å²) in [6.45, 7) is 4.43. The quantitative estimate of drug-likeness (QED) is 0.608. The number of rotatable bonds is 9. The molecule has 1 aromatic carbocycles. The maximum absolute atomic E-state index is 9.65. The molecule has 0 heterocycles. The van der Waals surface area contributed by atoms with E-state index >= 15 is 0 Å². The van der Waals surface area contributed by atoms with Crippen molar-refractivity contribution in [2.45, 2.75) is 51.6 Å². The second-order valence-electron chi connectivity index (χ2n) is 5.18. The fourth-order valence-corrected chi connectivity index (χ4v) is 2.52. The van der Waals surface area contributed by atoms with Crippen LogP contribution in [0, 0.1) is 0 Å². The number of nitrogens with two attached hydrogens (primary N) is 1. The second-order valence-corrected chi connectivity index (χ2v) is 5.18. The van der Waals surface area contributed by atoms with Crippen molar-refractivity contribution in [2.24, 2.45) is 0 Å². The molecule has 0 aliphatic heterocycles. The van der Waals surface area contributed by atoms with Crippen molar-refractivity contribution < 1.29 is 9.84 Å². The number of nitrogens with one attached hydrogen (secondary N) is 1. The van der Waals surface area contributed by atoms with Gasteiger partial charge in [0.1, 0.15) is 5.75 Å². The number of benzene rings is 1. The van der Waals surface area contributed by atoms with Crippen LogP contribution in [-0.2, 0) is 0 Å². The van der Waals surface area contributed by atoms with Crippen LogP contribution >= 0.6 is 0 Å². The molecule has 1 atom stereocenters. The highest BCUT2D eigenvalue weighted by molar-refractivity contribution is 5.54. The number of hydrogen-bond acceptors (Lipinski definition) is 4. The van der Waals surface area contributed by atoms with Crippen LogP contribution in [0.3, 0.4) is 0 Å². The maximum atomic E-state index is 9.65. The van der Waals surface area contributed by atoms with E-state index in [0.29, 0.717) is 17.5 Å². The number of ether oxygens (including phenoxy) is 1. The van der Waals surface area contributed by atoms with Crippen LogP contribution in [0.2, 0.25) is 0 Å². The van der Waals surface area contributed by atoms with E-state index in [1.54, 1.807) is 7.11 Å². The van der Waals surface area contributed by atoms with Crippen molar-refractivity contribution in [3.8, 4) is 5.75 Å². The Morgan fingerprint density at radius 3 is 2.35 bits per heavy atom. The van der Waals surface area contributed by atoms with Crippen LogP contribution in [0.15, 0.2) is 18.2 Å². The fraction of sp³-hybridized carbons (Fsp3) is 0.625. The Kier molecular flexibility index (Phi) is 7.41. The van der Waals surface area contributed by atoms with Crippen LogP contribution in [0.5, 0.6) is 5.75 Å². The molecule has 0 aliphatic carbocycles. The van der Waals surface area contributed by atoms with E-state index in [0.717, 1.165) is 31.2 Å². The van der Waals surface area contributed by atoms with Gasteiger partial charge < -0.3 is 20.9 Å². The molecule has 0 fully saturated rings. The number of aliphatic hydroxyl groups excluding tert-OH is 1. The minimum Gasteiger partial charge on any atom is -0.495 e. The van der Waals surface area contributed by atoms with Gasteiger partial charge in [0.25, 0.3) is 0 Å². The number of nitrogen functional groups attached to an aromatic ring is 1. The minimum absolute atomic E-state index is 0.0652. The van der Waals surface area contributed by atoms with Gasteiger partial charge >= 0.3 is 0 Å². The lowest BCUT2D eigenvalue weighted by Gasteiger charge is -2.25. The molecule has 1 rings (SSSR count). The first-order valence-corrected chi connectivity index (χ1v) is 7.46. The van der Waals surface area contributed by atoms with Crippen molar-refractivity contribution in [3.05, 3.63) is 23.8 Å². The third kappa shape index (κ3) is 4.69. The van der Waals surface area contributed by atoms with Gasteiger partial charge in [-0.15, -0.1) is 0 Å². The molecular formula is C16H28N2O2. The van der Waals surface area contributed by atoms with E-state index in [-0.39, 0.29) is 12.6 Å². The lowest BCUT2D eigenvalue weighted by molar-refractivity contribution is 0.227. The summed E-state index contributed by atoms with van der Waals surface area (Å²) < 4.78 is 5.16. The van der Waals surface area contributed by atoms with Crippen molar-refractivity contribution in [1.82, 2.24) is 5.32 Å². The Morgan fingerprint density at radius 1 is 1.25 bits per heavy atom. The lowest BCUT2D eigenvalue weighted by atomic mass is 10.0. The number of anilines is 1. The van der Waals surface area contributed by atoms with Gasteiger partial charge in [-0.3, -0.25) is 0 Å². The standard InChI is InChI=1S/C16H28N2O2/c1-4-6-13(7-5-2)18-15(11-19)12-8-9-16(20-3)14(17)10-12/h8-10,13,15,18-19H,4-7,11,17H2,1-3H3. The molecule has 4 N–H and O–H groups in total. The summed E-state index contributed by atoms with van der Waals surface area (Å²) in [5.74, 6) is 0.670. The highest BCUT2D eigenvalue weighted by Crippen LogP contribution is 2.26. The number of aliphatic hydroxyl groups is 1. The van der Waals surface area contributed by atoms with E-state index in [4.69, 9.17) is 10.5 Å². The monoisotopic (exact) mass is 280 g/mol. The van der Waals surface area contributed by atoms with Crippen LogP contribution in [0.1, 0.15) is 51.1 Å². The maximum Gasteiger partial charge on any atom is 0.141 e. The Labute approximate surface area is 122 Å². The van der Waals surface area contributed by atoms with Gasteiger partial charge in [0, 0.05) is 6.04 Å². The van der Waals surface area contributed by atoms with E-state index in [1.807, 2.05) is 18.2 Å². The Hall–Kier alpha value is -1.26. The number of methoxy groups -OCH3 is 1. The van der Waals surface area contributed by atoms with E-state index < -0.39 is 0 Å². The van der Waals surface area contributed by atoms with Crippen molar-refractivity contribution >= 4 is 5.69 Å². The molecule has 0 saturated heterocycles. The number of hydrogen-bond donors (Lipinski definition) is 3. The van der Waals surface area contributed by atoms with Crippen LogP contribution in [0.4, 0.5) is 5.69 Å². The van der Waals surface area contributed by atoms with E-state index in [1.165, 1.54) is 0 Å². The van der Waals surface area contributed by atoms with Gasteiger partial charge in [-0.2, -0.15) is 0 Å². The highest BCUT2D eigenvalue weighted by atomic mass is 16.5. The predicted molar refractivity (Wildman–Crippen MR) is 84.0 cm³/mol. The van der Waals surface area contributed by atoms with Gasteiger partial charge in [-0.05, 0) is 30.5 Å². The molecule has 114 valence electrons. The molecule has 0 spiro atoms. The minimum atomic E-state index is -0.0775. The smallest absolute Gasteiger partial charge is 0.141 e. The molecule has 4 nitrogen and oxygen atoms in total. The topological polar surface area (TPSA) is 67.5 Å². The zero-order chi connectivity index (χ0) is 15.0. The molecule has 0 saturated carbocycles. The zero-order valence-corrected chi connectivity index (χ0v) is 12.9. The first kappa shape index (κ1) is 16.8. The summed E-state index contributed by atoms with van der Waals surface area (Å²) in [5.41, 5.74) is 7.55. The molecule has 0 aromatic heterocycles. The molecule has 20 heavy (non-hydrogen) atoms. The first-order chi connectivity index (χ1) is 9.65.